The van der Waals surface area contributed by atoms with Crippen molar-refractivity contribution in [2.75, 3.05) is 0 Å². The Hall–Kier alpha value is -3.50. The summed E-state index contributed by atoms with van der Waals surface area (Å²) in [4.78, 5) is 10.4. The van der Waals surface area contributed by atoms with Crippen LogP contribution < -0.4 is 5.19 Å². The smallest absolute Gasteiger partial charge is 0.145 e. The van der Waals surface area contributed by atoms with E-state index in [4.69, 9.17) is 14.4 Å². The molecule has 0 N–H and O–H groups in total. The second-order valence-electron chi connectivity index (χ2n) is 11.8. The van der Waals surface area contributed by atoms with Gasteiger partial charge in [0.25, 0.3) is 0 Å². The molecule has 4 heteroatoms. The number of hydrogen-bond acceptors (Lipinski definition) is 3. The average Bonchev–Trinajstić information content (AvgIpc) is 3.22. The lowest BCUT2D eigenvalue weighted by Crippen LogP contribution is -2.41. The van der Waals surface area contributed by atoms with Crippen LogP contribution in [0.4, 0.5) is 0 Å². The summed E-state index contributed by atoms with van der Waals surface area (Å²) >= 11 is 0. The summed E-state index contributed by atoms with van der Waals surface area (Å²) in [5.74, 6) is 1.08. The van der Waals surface area contributed by atoms with E-state index >= 15 is 0 Å². The Bertz CT molecular complexity index is 1870. The van der Waals surface area contributed by atoms with Gasteiger partial charge in [0.1, 0.15) is 17.0 Å². The highest BCUT2D eigenvalue weighted by atomic mass is 28.3. The van der Waals surface area contributed by atoms with Crippen LogP contribution in [0.2, 0.25) is 19.6 Å². The van der Waals surface area contributed by atoms with Crippen LogP contribution in [0.3, 0.4) is 0 Å². The minimum atomic E-state index is -1.56. The Morgan fingerprint density at radius 1 is 0.784 bits per heavy atom. The van der Waals surface area contributed by atoms with Crippen LogP contribution in [0.1, 0.15) is 42.3 Å². The van der Waals surface area contributed by atoms with Crippen molar-refractivity contribution >= 4 is 56.9 Å². The van der Waals surface area contributed by atoms with E-state index in [1.54, 1.807) is 0 Å². The Morgan fingerprint density at radius 2 is 1.54 bits per heavy atom. The number of nitrogens with zero attached hydrogens (tertiary/aromatic N) is 2. The van der Waals surface area contributed by atoms with Gasteiger partial charge in [-0.25, -0.2) is 9.97 Å². The van der Waals surface area contributed by atoms with Gasteiger partial charge in [-0.15, -0.1) is 0 Å². The Morgan fingerprint density at radius 3 is 2.27 bits per heavy atom. The molecule has 0 aliphatic rings. The van der Waals surface area contributed by atoms with Crippen molar-refractivity contribution in [3.8, 4) is 11.3 Å². The molecule has 2 heterocycles. The number of para-hydroxylation sites is 1. The molecule has 0 saturated carbocycles. The van der Waals surface area contributed by atoms with E-state index in [1.165, 1.54) is 38.0 Å². The summed E-state index contributed by atoms with van der Waals surface area (Å²) in [6, 6.07) is 19.5. The van der Waals surface area contributed by atoms with Crippen LogP contribution in [0.5, 0.6) is 0 Å². The first-order chi connectivity index (χ1) is 17.6. The third kappa shape index (κ3) is 3.61. The maximum atomic E-state index is 6.50. The predicted octanol–water partition coefficient (Wildman–Crippen LogP) is 8.94. The maximum absolute atomic E-state index is 6.50. The molecule has 0 fully saturated rings. The van der Waals surface area contributed by atoms with Crippen molar-refractivity contribution in [3.05, 3.63) is 77.1 Å². The van der Waals surface area contributed by atoms with Gasteiger partial charge in [-0.1, -0.05) is 80.6 Å². The van der Waals surface area contributed by atoms with Crippen LogP contribution in [0, 0.1) is 20.8 Å². The fourth-order valence-corrected chi connectivity index (χ4v) is 8.77. The summed E-state index contributed by atoms with van der Waals surface area (Å²) in [5, 5.41) is 7.45. The zero-order chi connectivity index (χ0) is 26.2. The van der Waals surface area contributed by atoms with E-state index in [1.807, 2.05) is 12.1 Å². The highest BCUT2D eigenvalue weighted by Gasteiger charge is 2.25. The van der Waals surface area contributed by atoms with Crippen LogP contribution in [-0.4, -0.2) is 18.0 Å². The number of aryl methyl sites for hydroxylation is 3. The van der Waals surface area contributed by atoms with Gasteiger partial charge in [0.2, 0.25) is 0 Å². The number of hydrogen-bond donors (Lipinski definition) is 0. The van der Waals surface area contributed by atoms with Crippen molar-refractivity contribution < 1.29 is 4.42 Å². The predicted molar refractivity (Wildman–Crippen MR) is 161 cm³/mol. The molecule has 0 unspecified atom stereocenters. The average molecular weight is 503 g/mol. The van der Waals surface area contributed by atoms with E-state index in [0.717, 1.165) is 44.5 Å². The quantitative estimate of drug-likeness (QED) is 0.179. The second kappa shape index (κ2) is 8.25. The van der Waals surface area contributed by atoms with E-state index in [2.05, 4.69) is 96.7 Å². The molecule has 186 valence electrons. The van der Waals surface area contributed by atoms with Crippen LogP contribution >= 0.6 is 0 Å². The molecule has 37 heavy (non-hydrogen) atoms. The van der Waals surface area contributed by atoms with Crippen molar-refractivity contribution in [1.82, 2.24) is 9.97 Å². The van der Waals surface area contributed by atoms with E-state index < -0.39 is 8.07 Å². The molecule has 0 bridgehead atoms. The molecule has 6 aromatic rings. The number of rotatable bonds is 3. The van der Waals surface area contributed by atoms with Crippen molar-refractivity contribution in [1.29, 1.82) is 0 Å². The van der Waals surface area contributed by atoms with Gasteiger partial charge in [-0.2, -0.15) is 0 Å². The molecule has 0 radical (unpaired) electrons. The zero-order valence-corrected chi connectivity index (χ0v) is 24.1. The lowest BCUT2D eigenvalue weighted by Gasteiger charge is -2.24. The van der Waals surface area contributed by atoms with E-state index in [-0.39, 0.29) is 5.92 Å². The summed E-state index contributed by atoms with van der Waals surface area (Å²) < 4.78 is 6.50. The molecule has 0 amide bonds. The standard InChI is InChI=1S/C33H34N2OSi/c1-18(2)33-34-29(25-15-13-19(3)27-23-11-9-10-12-26(23)36-31(25)27)24-16-14-22-17-20(4)32(37(6,7)8)21(5)28(22)30(24)35-33/h9-18H,1-8H3. The number of aromatic nitrogens is 2. The molecule has 0 saturated heterocycles. The second-order valence-corrected chi connectivity index (χ2v) is 16.8. The van der Waals surface area contributed by atoms with Gasteiger partial charge < -0.3 is 4.42 Å². The summed E-state index contributed by atoms with van der Waals surface area (Å²) in [6.07, 6.45) is 0. The largest absolute Gasteiger partial charge is 0.455 e. The number of furan rings is 1. The molecule has 0 spiro atoms. The van der Waals surface area contributed by atoms with Gasteiger partial charge in [-0.05, 0) is 55.5 Å². The fraction of sp³-hybridized carbons (Fsp3) is 0.273. The zero-order valence-electron chi connectivity index (χ0n) is 23.1. The highest BCUT2D eigenvalue weighted by molar-refractivity contribution is 6.89. The van der Waals surface area contributed by atoms with Crippen LogP contribution in [0.25, 0.3) is 54.9 Å². The third-order valence-electron chi connectivity index (χ3n) is 7.69. The molecule has 3 nitrogen and oxygen atoms in total. The van der Waals surface area contributed by atoms with Crippen molar-refractivity contribution in [2.45, 2.75) is 60.2 Å². The van der Waals surface area contributed by atoms with Gasteiger partial charge >= 0.3 is 0 Å². The van der Waals surface area contributed by atoms with Gasteiger partial charge in [-0.3, -0.25) is 0 Å². The third-order valence-corrected chi connectivity index (χ3v) is 9.96. The van der Waals surface area contributed by atoms with E-state index in [9.17, 15) is 0 Å². The molecule has 0 aliphatic heterocycles. The van der Waals surface area contributed by atoms with Gasteiger partial charge in [0, 0.05) is 33.0 Å². The molecule has 0 aliphatic carbocycles. The topological polar surface area (TPSA) is 38.9 Å². The summed E-state index contributed by atoms with van der Waals surface area (Å²) in [6.45, 7) is 18.4. The lowest BCUT2D eigenvalue weighted by atomic mass is 9.95. The summed E-state index contributed by atoms with van der Waals surface area (Å²) in [5.41, 5.74) is 8.82. The van der Waals surface area contributed by atoms with Crippen LogP contribution in [0.15, 0.2) is 59.0 Å². The highest BCUT2D eigenvalue weighted by Crippen LogP contribution is 2.41. The maximum Gasteiger partial charge on any atom is 0.145 e. The first kappa shape index (κ1) is 23.9. The minimum absolute atomic E-state index is 0.206. The number of fused-ring (bicyclic) bond motifs is 6. The normalized spacial score (nSPS) is 12.6. The minimum Gasteiger partial charge on any atom is -0.455 e. The lowest BCUT2D eigenvalue weighted by molar-refractivity contribution is 0.669. The molecular formula is C33H34N2OSi. The molecule has 2 aromatic heterocycles. The Balaban J connectivity index is 1.79. The first-order valence-corrected chi connectivity index (χ1v) is 16.7. The van der Waals surface area contributed by atoms with Gasteiger partial charge in [0.15, 0.2) is 0 Å². The Labute approximate surface area is 219 Å². The van der Waals surface area contributed by atoms with Gasteiger partial charge in [0.05, 0.1) is 19.3 Å². The molecule has 4 aromatic carbocycles. The van der Waals surface area contributed by atoms with Crippen LogP contribution in [-0.2, 0) is 0 Å². The van der Waals surface area contributed by atoms with E-state index in [0.29, 0.717) is 0 Å². The SMILES string of the molecule is Cc1cc2ccc3c(-c4ccc(C)c5c4oc4ccccc45)nc(C(C)C)nc3c2c(C)c1[Si](C)(C)C. The first-order valence-electron chi connectivity index (χ1n) is 13.2. The number of benzene rings is 4. The summed E-state index contributed by atoms with van der Waals surface area (Å²) in [7, 11) is -1.56. The fourth-order valence-electron chi connectivity index (χ4n) is 6.27. The monoisotopic (exact) mass is 502 g/mol. The molecular weight excluding hydrogens is 468 g/mol. The Kier molecular flexibility index (Phi) is 5.32. The molecule has 0 atom stereocenters. The van der Waals surface area contributed by atoms with Crippen molar-refractivity contribution in [3.63, 3.8) is 0 Å². The van der Waals surface area contributed by atoms with Crippen molar-refractivity contribution in [2.24, 2.45) is 0 Å². The molecule has 6 rings (SSSR count).